The van der Waals surface area contributed by atoms with Gasteiger partial charge in [-0.3, -0.25) is 4.79 Å². The Morgan fingerprint density at radius 1 is 1.20 bits per heavy atom. The van der Waals surface area contributed by atoms with Crippen LogP contribution in [-0.4, -0.2) is 36.1 Å². The van der Waals surface area contributed by atoms with Gasteiger partial charge in [-0.05, 0) is 32.0 Å². The average molecular weight is 404 g/mol. The molecule has 0 unspecified atom stereocenters. The minimum atomic E-state index is -0.321. The quantitative estimate of drug-likeness (QED) is 0.764. The fraction of sp³-hybridized carbons (Fsp3) is 0.350. The number of morpholine rings is 1. The third kappa shape index (κ3) is 4.41. The molecular formula is C20H22BrNO3. The van der Waals surface area contributed by atoms with Crippen molar-refractivity contribution in [3.63, 3.8) is 0 Å². The molecule has 0 aliphatic carbocycles. The van der Waals surface area contributed by atoms with Gasteiger partial charge in [-0.2, -0.15) is 0 Å². The first-order valence-electron chi connectivity index (χ1n) is 8.35. The van der Waals surface area contributed by atoms with Crippen molar-refractivity contribution in [2.24, 2.45) is 0 Å². The zero-order valence-corrected chi connectivity index (χ0v) is 16.1. The molecule has 2 aromatic rings. The second-order valence-corrected chi connectivity index (χ2v) is 7.57. The monoisotopic (exact) mass is 403 g/mol. The number of nitrogens with zero attached hydrogens (tertiary/aromatic N) is 1. The molecule has 1 amide bonds. The Morgan fingerprint density at radius 3 is 2.68 bits per heavy atom. The molecule has 0 bridgehead atoms. The van der Waals surface area contributed by atoms with Crippen molar-refractivity contribution < 1.29 is 14.3 Å². The summed E-state index contributed by atoms with van der Waals surface area (Å²) in [6.07, 6.45) is 0. The maximum atomic E-state index is 13.0. The Morgan fingerprint density at radius 2 is 1.92 bits per heavy atom. The molecule has 0 radical (unpaired) electrons. The van der Waals surface area contributed by atoms with Gasteiger partial charge in [-0.25, -0.2) is 0 Å². The third-order valence-electron chi connectivity index (χ3n) is 4.17. The van der Waals surface area contributed by atoms with Gasteiger partial charge in [0.15, 0.2) is 0 Å². The molecule has 1 heterocycles. The van der Waals surface area contributed by atoms with E-state index in [9.17, 15) is 4.79 Å². The van der Waals surface area contributed by atoms with Crippen LogP contribution in [0.1, 0.15) is 29.8 Å². The Bertz CT molecular complexity index is 760. The second kappa shape index (κ2) is 7.58. The van der Waals surface area contributed by atoms with Crippen molar-refractivity contribution in [2.45, 2.75) is 26.1 Å². The summed E-state index contributed by atoms with van der Waals surface area (Å²) in [6, 6.07) is 15.3. The van der Waals surface area contributed by atoms with Crippen LogP contribution in [0.5, 0.6) is 5.75 Å². The molecule has 0 N–H and O–H groups in total. The largest absolute Gasteiger partial charge is 0.488 e. The molecule has 1 aliphatic rings. The van der Waals surface area contributed by atoms with Gasteiger partial charge < -0.3 is 14.4 Å². The number of benzene rings is 2. The lowest BCUT2D eigenvalue weighted by molar-refractivity contribution is -0.0764. The number of amides is 1. The van der Waals surface area contributed by atoms with E-state index in [1.807, 2.05) is 67.3 Å². The molecule has 132 valence electrons. The van der Waals surface area contributed by atoms with Crippen molar-refractivity contribution in [3.8, 4) is 5.75 Å². The summed E-state index contributed by atoms with van der Waals surface area (Å²) in [5.74, 6) is 0.589. The molecule has 3 rings (SSSR count). The molecule has 0 aromatic heterocycles. The van der Waals surface area contributed by atoms with E-state index >= 15 is 0 Å². The maximum Gasteiger partial charge on any atom is 0.257 e. The summed E-state index contributed by atoms with van der Waals surface area (Å²) in [4.78, 5) is 14.8. The van der Waals surface area contributed by atoms with E-state index in [-0.39, 0.29) is 11.5 Å². The van der Waals surface area contributed by atoms with Gasteiger partial charge in [0.25, 0.3) is 5.91 Å². The number of carbonyl (C=O) groups is 1. The zero-order valence-electron chi connectivity index (χ0n) is 14.5. The highest BCUT2D eigenvalue weighted by molar-refractivity contribution is 9.10. The summed E-state index contributed by atoms with van der Waals surface area (Å²) in [5.41, 5.74) is 1.31. The van der Waals surface area contributed by atoms with Crippen LogP contribution in [0.3, 0.4) is 0 Å². The fourth-order valence-corrected chi connectivity index (χ4v) is 3.30. The predicted molar refractivity (Wildman–Crippen MR) is 101 cm³/mol. The maximum absolute atomic E-state index is 13.0. The molecule has 5 heteroatoms. The Hall–Kier alpha value is -1.85. The summed E-state index contributed by atoms with van der Waals surface area (Å²) in [6.45, 7) is 6.13. The summed E-state index contributed by atoms with van der Waals surface area (Å²) in [7, 11) is 0. The molecule has 2 aromatic carbocycles. The number of ether oxygens (including phenoxy) is 2. The van der Waals surface area contributed by atoms with Crippen LogP contribution in [0.2, 0.25) is 0 Å². The number of halogens is 1. The standard InChI is InChI=1S/C20H22BrNO3/c1-20(2)14-22(11-12-25-20)19(23)16-8-4-6-10-18(16)24-13-15-7-3-5-9-17(15)21/h3-10H,11-14H2,1-2H3. The Kier molecular flexibility index (Phi) is 5.45. The molecule has 1 fully saturated rings. The first kappa shape index (κ1) is 18.0. The fourth-order valence-electron chi connectivity index (χ4n) is 2.90. The minimum absolute atomic E-state index is 0.0147. The lowest BCUT2D eigenvalue weighted by Crippen LogP contribution is -2.50. The number of rotatable bonds is 4. The zero-order chi connectivity index (χ0) is 17.9. The SMILES string of the molecule is CC1(C)CN(C(=O)c2ccccc2OCc2ccccc2Br)CCO1. The average Bonchev–Trinajstić information content (AvgIpc) is 2.60. The summed E-state index contributed by atoms with van der Waals surface area (Å²) in [5, 5.41) is 0. The predicted octanol–water partition coefficient (Wildman–Crippen LogP) is 4.28. The molecule has 1 saturated heterocycles. The van der Waals surface area contributed by atoms with Crippen molar-refractivity contribution >= 4 is 21.8 Å². The Labute approximate surface area is 156 Å². The molecule has 4 nitrogen and oxygen atoms in total. The van der Waals surface area contributed by atoms with Crippen LogP contribution in [0, 0.1) is 0 Å². The van der Waals surface area contributed by atoms with Crippen LogP contribution in [0.15, 0.2) is 53.0 Å². The second-order valence-electron chi connectivity index (χ2n) is 6.71. The van der Waals surface area contributed by atoms with Gasteiger partial charge in [-0.15, -0.1) is 0 Å². The van der Waals surface area contributed by atoms with E-state index < -0.39 is 0 Å². The number of carbonyl (C=O) groups excluding carboxylic acids is 1. The highest BCUT2D eigenvalue weighted by atomic mass is 79.9. The number of hydrogen-bond acceptors (Lipinski definition) is 3. The molecule has 0 saturated carbocycles. The lowest BCUT2D eigenvalue weighted by Gasteiger charge is -2.38. The van der Waals surface area contributed by atoms with E-state index in [0.29, 0.717) is 37.6 Å². The van der Waals surface area contributed by atoms with Crippen molar-refractivity contribution in [1.82, 2.24) is 4.90 Å². The van der Waals surface area contributed by atoms with E-state index in [1.165, 1.54) is 0 Å². The number of hydrogen-bond donors (Lipinski definition) is 0. The number of para-hydroxylation sites is 1. The van der Waals surface area contributed by atoms with Gasteiger partial charge in [0.1, 0.15) is 12.4 Å². The van der Waals surface area contributed by atoms with Gasteiger partial charge in [0.2, 0.25) is 0 Å². The van der Waals surface area contributed by atoms with Crippen molar-refractivity contribution in [2.75, 3.05) is 19.7 Å². The smallest absolute Gasteiger partial charge is 0.257 e. The summed E-state index contributed by atoms with van der Waals surface area (Å²) >= 11 is 3.52. The first-order chi connectivity index (χ1) is 12.0. The molecule has 25 heavy (non-hydrogen) atoms. The van der Waals surface area contributed by atoms with E-state index in [2.05, 4.69) is 15.9 Å². The molecule has 0 atom stereocenters. The van der Waals surface area contributed by atoms with E-state index in [1.54, 1.807) is 0 Å². The summed E-state index contributed by atoms with van der Waals surface area (Å²) < 4.78 is 12.7. The third-order valence-corrected chi connectivity index (χ3v) is 4.94. The van der Waals surface area contributed by atoms with Crippen molar-refractivity contribution in [1.29, 1.82) is 0 Å². The van der Waals surface area contributed by atoms with Crippen LogP contribution in [0.4, 0.5) is 0 Å². The van der Waals surface area contributed by atoms with Gasteiger partial charge in [0, 0.05) is 23.1 Å². The molecular weight excluding hydrogens is 382 g/mol. The topological polar surface area (TPSA) is 38.8 Å². The molecule has 0 spiro atoms. The minimum Gasteiger partial charge on any atom is -0.488 e. The first-order valence-corrected chi connectivity index (χ1v) is 9.14. The highest BCUT2D eigenvalue weighted by Crippen LogP contribution is 2.25. The lowest BCUT2D eigenvalue weighted by atomic mass is 10.1. The normalized spacial score (nSPS) is 16.5. The van der Waals surface area contributed by atoms with Crippen molar-refractivity contribution in [3.05, 3.63) is 64.1 Å². The van der Waals surface area contributed by atoms with Gasteiger partial charge in [-0.1, -0.05) is 46.3 Å². The van der Waals surface area contributed by atoms with Crippen LogP contribution in [0.25, 0.3) is 0 Å². The van der Waals surface area contributed by atoms with E-state index in [4.69, 9.17) is 9.47 Å². The van der Waals surface area contributed by atoms with Crippen LogP contribution >= 0.6 is 15.9 Å². The Balaban J connectivity index is 1.76. The molecule has 1 aliphatic heterocycles. The van der Waals surface area contributed by atoms with Crippen LogP contribution in [-0.2, 0) is 11.3 Å². The van der Waals surface area contributed by atoms with Gasteiger partial charge >= 0.3 is 0 Å². The van der Waals surface area contributed by atoms with Gasteiger partial charge in [0.05, 0.1) is 17.8 Å². The van der Waals surface area contributed by atoms with E-state index in [0.717, 1.165) is 10.0 Å². The van der Waals surface area contributed by atoms with Crippen LogP contribution < -0.4 is 4.74 Å². The highest BCUT2D eigenvalue weighted by Gasteiger charge is 2.31.